The molecule has 1 aromatic rings. The van der Waals surface area contributed by atoms with Gasteiger partial charge in [0.25, 0.3) is 10.1 Å². The maximum absolute atomic E-state index is 12.3. The van der Waals surface area contributed by atoms with E-state index in [1.165, 1.54) is 12.8 Å². The molecule has 1 rings (SSSR count). The van der Waals surface area contributed by atoms with Crippen LogP contribution in [0.5, 0.6) is 0 Å². The van der Waals surface area contributed by atoms with Crippen LogP contribution in [0.3, 0.4) is 0 Å². The van der Waals surface area contributed by atoms with Crippen LogP contribution in [0, 0.1) is 0 Å². The van der Waals surface area contributed by atoms with Gasteiger partial charge < -0.3 is 0 Å². The molecule has 3 nitrogen and oxygen atoms in total. The van der Waals surface area contributed by atoms with E-state index in [0.717, 1.165) is 19.3 Å². The smallest absolute Gasteiger partial charge is 0.263 e. The molecule has 0 spiro atoms. The molecule has 21 heavy (non-hydrogen) atoms. The minimum atomic E-state index is -3.67. The van der Waals surface area contributed by atoms with Crippen molar-refractivity contribution in [2.45, 2.75) is 68.2 Å². The van der Waals surface area contributed by atoms with Crippen LogP contribution in [-0.2, 0) is 14.3 Å². The van der Waals surface area contributed by atoms with E-state index >= 15 is 0 Å². The summed E-state index contributed by atoms with van der Waals surface area (Å²) in [5.74, 6) is 0. The molecule has 0 aromatic heterocycles. The standard InChI is InChI=1S/C16H25BrO3S/c1-3-4-5-7-10-15(13-14(2)17)20-21(18,19)16-11-8-6-9-12-16/h6,8-9,11-12,14-15H,3-5,7,10,13H2,1-2H3. The number of rotatable bonds is 10. The van der Waals surface area contributed by atoms with Crippen LogP contribution in [0.1, 0.15) is 52.4 Å². The fraction of sp³-hybridized carbons (Fsp3) is 0.625. The Morgan fingerprint density at radius 1 is 1.14 bits per heavy atom. The first kappa shape index (κ1) is 18.7. The zero-order valence-electron chi connectivity index (χ0n) is 12.8. The summed E-state index contributed by atoms with van der Waals surface area (Å²) in [6.45, 7) is 4.17. The maximum atomic E-state index is 12.3. The SMILES string of the molecule is CCCCCCC(CC(C)Br)OS(=O)(=O)c1ccccc1. The zero-order valence-corrected chi connectivity index (χ0v) is 15.2. The lowest BCUT2D eigenvalue weighted by molar-refractivity contribution is 0.185. The van der Waals surface area contributed by atoms with Crippen LogP contribution in [0.2, 0.25) is 0 Å². The van der Waals surface area contributed by atoms with Gasteiger partial charge in [0.15, 0.2) is 0 Å². The highest BCUT2D eigenvalue weighted by atomic mass is 79.9. The van der Waals surface area contributed by atoms with E-state index in [2.05, 4.69) is 22.9 Å². The molecule has 2 unspecified atom stereocenters. The van der Waals surface area contributed by atoms with Gasteiger partial charge in [0.2, 0.25) is 0 Å². The Kier molecular flexibility index (Phi) is 8.52. The second kappa shape index (κ2) is 9.59. The van der Waals surface area contributed by atoms with Crippen molar-refractivity contribution in [3.63, 3.8) is 0 Å². The highest BCUT2D eigenvalue weighted by Gasteiger charge is 2.22. The molecule has 0 amide bonds. The molecular weight excluding hydrogens is 352 g/mol. The predicted octanol–water partition coefficient (Wildman–Crippen LogP) is 4.90. The van der Waals surface area contributed by atoms with Gasteiger partial charge in [0.1, 0.15) is 0 Å². The average molecular weight is 377 g/mol. The van der Waals surface area contributed by atoms with Crippen LogP contribution in [0.15, 0.2) is 35.2 Å². The van der Waals surface area contributed by atoms with Crippen LogP contribution in [0.4, 0.5) is 0 Å². The summed E-state index contributed by atoms with van der Waals surface area (Å²) >= 11 is 3.49. The minimum absolute atomic E-state index is 0.228. The van der Waals surface area contributed by atoms with E-state index < -0.39 is 10.1 Å². The van der Waals surface area contributed by atoms with E-state index in [4.69, 9.17) is 4.18 Å². The van der Waals surface area contributed by atoms with Crippen LogP contribution >= 0.6 is 15.9 Å². The van der Waals surface area contributed by atoms with Crippen molar-refractivity contribution in [1.29, 1.82) is 0 Å². The fourth-order valence-electron chi connectivity index (χ4n) is 2.19. The van der Waals surface area contributed by atoms with E-state index in [-0.39, 0.29) is 15.8 Å². The Morgan fingerprint density at radius 2 is 1.81 bits per heavy atom. The van der Waals surface area contributed by atoms with Gasteiger partial charge in [-0.3, -0.25) is 4.18 Å². The summed E-state index contributed by atoms with van der Waals surface area (Å²) in [7, 11) is -3.67. The molecule has 0 saturated carbocycles. The lowest BCUT2D eigenvalue weighted by atomic mass is 10.1. The molecule has 0 bridgehead atoms. The number of hydrogen-bond donors (Lipinski definition) is 0. The van der Waals surface area contributed by atoms with Crippen LogP contribution < -0.4 is 0 Å². The zero-order chi connectivity index (χ0) is 15.7. The maximum Gasteiger partial charge on any atom is 0.297 e. The molecule has 2 atom stereocenters. The number of unbranched alkanes of at least 4 members (excludes halogenated alkanes) is 3. The Bertz CT molecular complexity index is 486. The molecular formula is C16H25BrO3S. The lowest BCUT2D eigenvalue weighted by Gasteiger charge is -2.18. The van der Waals surface area contributed by atoms with Gasteiger partial charge in [-0.05, 0) is 25.0 Å². The predicted molar refractivity (Wildman–Crippen MR) is 90.3 cm³/mol. The average Bonchev–Trinajstić information content (AvgIpc) is 2.43. The van der Waals surface area contributed by atoms with Gasteiger partial charge >= 0.3 is 0 Å². The summed E-state index contributed by atoms with van der Waals surface area (Å²) in [6, 6.07) is 8.35. The largest absolute Gasteiger partial charge is 0.297 e. The van der Waals surface area contributed by atoms with Gasteiger partial charge in [-0.2, -0.15) is 8.42 Å². The van der Waals surface area contributed by atoms with E-state index in [1.807, 2.05) is 6.92 Å². The van der Waals surface area contributed by atoms with Crippen molar-refractivity contribution in [1.82, 2.24) is 0 Å². The number of halogens is 1. The Hall–Kier alpha value is -0.390. The lowest BCUT2D eigenvalue weighted by Crippen LogP contribution is -2.21. The van der Waals surface area contributed by atoms with Crippen molar-refractivity contribution >= 4 is 26.0 Å². The van der Waals surface area contributed by atoms with Gasteiger partial charge in [0.05, 0.1) is 11.0 Å². The van der Waals surface area contributed by atoms with Gasteiger partial charge in [-0.15, -0.1) is 0 Å². The Labute approximate surface area is 137 Å². The molecule has 5 heteroatoms. The van der Waals surface area contributed by atoms with Crippen molar-refractivity contribution < 1.29 is 12.6 Å². The van der Waals surface area contributed by atoms with E-state index in [0.29, 0.717) is 6.42 Å². The summed E-state index contributed by atoms with van der Waals surface area (Å²) in [5.41, 5.74) is 0. The molecule has 0 fully saturated rings. The Balaban J connectivity index is 2.66. The fourth-order valence-corrected chi connectivity index (χ4v) is 3.74. The van der Waals surface area contributed by atoms with E-state index in [1.54, 1.807) is 30.3 Å². The first-order chi connectivity index (χ1) is 9.95. The molecule has 0 aliphatic carbocycles. The molecule has 120 valence electrons. The van der Waals surface area contributed by atoms with Crippen LogP contribution in [0.25, 0.3) is 0 Å². The van der Waals surface area contributed by atoms with E-state index in [9.17, 15) is 8.42 Å². The number of hydrogen-bond acceptors (Lipinski definition) is 3. The summed E-state index contributed by atoms with van der Waals surface area (Å²) in [5, 5.41) is 0. The minimum Gasteiger partial charge on any atom is -0.263 e. The third-order valence-electron chi connectivity index (χ3n) is 3.26. The highest BCUT2D eigenvalue weighted by molar-refractivity contribution is 9.09. The van der Waals surface area contributed by atoms with Gasteiger partial charge in [-0.25, -0.2) is 0 Å². The first-order valence-corrected chi connectivity index (χ1v) is 9.90. The second-order valence-corrected chi connectivity index (χ2v) is 8.49. The van der Waals surface area contributed by atoms with Crippen molar-refractivity contribution in [2.24, 2.45) is 0 Å². The van der Waals surface area contributed by atoms with Crippen molar-refractivity contribution in [3.8, 4) is 0 Å². The topological polar surface area (TPSA) is 43.4 Å². The van der Waals surface area contributed by atoms with Crippen LogP contribution in [-0.4, -0.2) is 19.3 Å². The summed E-state index contributed by atoms with van der Waals surface area (Å²) < 4.78 is 30.0. The van der Waals surface area contributed by atoms with Gasteiger partial charge in [-0.1, -0.05) is 73.7 Å². The molecule has 0 heterocycles. The molecule has 1 aromatic carbocycles. The molecule has 0 aliphatic heterocycles. The van der Waals surface area contributed by atoms with Crippen molar-refractivity contribution in [2.75, 3.05) is 0 Å². The second-order valence-electron chi connectivity index (χ2n) is 5.35. The third kappa shape index (κ3) is 7.43. The van der Waals surface area contributed by atoms with Gasteiger partial charge in [0, 0.05) is 4.83 Å². The first-order valence-electron chi connectivity index (χ1n) is 7.58. The Morgan fingerprint density at radius 3 is 2.38 bits per heavy atom. The molecule has 0 N–H and O–H groups in total. The quantitative estimate of drug-likeness (QED) is 0.331. The monoisotopic (exact) mass is 376 g/mol. The normalized spacial score (nSPS) is 14.8. The number of alkyl halides is 1. The van der Waals surface area contributed by atoms with Crippen molar-refractivity contribution in [3.05, 3.63) is 30.3 Å². The third-order valence-corrected chi connectivity index (χ3v) is 5.01. The summed E-state index contributed by atoms with van der Waals surface area (Å²) in [4.78, 5) is 0.463. The molecule has 0 saturated heterocycles. The molecule has 0 aliphatic rings. The molecule has 0 radical (unpaired) electrons. The highest BCUT2D eigenvalue weighted by Crippen LogP contribution is 2.22. The summed E-state index contributed by atoms with van der Waals surface area (Å²) in [6.07, 6.45) is 5.69. The number of benzene rings is 1.